The van der Waals surface area contributed by atoms with Gasteiger partial charge in [0, 0.05) is 17.5 Å². The van der Waals surface area contributed by atoms with Crippen molar-refractivity contribution in [3.8, 4) is 17.2 Å². The Morgan fingerprint density at radius 1 is 1.05 bits per heavy atom. The zero-order valence-electron chi connectivity index (χ0n) is 10.5. The molecular formula is C15H13ClO4. The molecule has 2 aromatic carbocycles. The molecule has 104 valence electrons. The average molecular weight is 293 g/mol. The lowest BCUT2D eigenvalue weighted by Gasteiger charge is -2.31. The van der Waals surface area contributed by atoms with E-state index in [2.05, 4.69) is 0 Å². The monoisotopic (exact) mass is 292 g/mol. The van der Waals surface area contributed by atoms with E-state index in [0.29, 0.717) is 16.9 Å². The van der Waals surface area contributed by atoms with Crippen LogP contribution in [0.1, 0.15) is 17.2 Å². The van der Waals surface area contributed by atoms with Crippen LogP contribution in [0.15, 0.2) is 36.4 Å². The number of fused-ring (bicyclic) bond motifs is 1. The second-order valence-electron chi connectivity index (χ2n) is 4.74. The highest BCUT2D eigenvalue weighted by Crippen LogP contribution is 2.42. The van der Waals surface area contributed by atoms with Gasteiger partial charge in [0.2, 0.25) is 0 Å². The lowest BCUT2D eigenvalue weighted by atomic mass is 9.94. The minimum Gasteiger partial charge on any atom is -0.508 e. The first-order valence-corrected chi connectivity index (χ1v) is 6.58. The SMILES string of the molecule is Oc1cccc(C2Oc3cccc(O)c3CC2O)c1Cl. The summed E-state index contributed by atoms with van der Waals surface area (Å²) in [5, 5.41) is 29.8. The number of benzene rings is 2. The molecule has 0 spiro atoms. The van der Waals surface area contributed by atoms with Crippen molar-refractivity contribution in [3.63, 3.8) is 0 Å². The van der Waals surface area contributed by atoms with Gasteiger partial charge in [0.05, 0.1) is 11.1 Å². The Kier molecular flexibility index (Phi) is 3.20. The standard InChI is InChI=1S/C15H13ClO4/c16-14-8(3-1-5-11(14)18)15-12(19)7-9-10(17)4-2-6-13(9)20-15/h1-6,12,15,17-19H,7H2. The van der Waals surface area contributed by atoms with Crippen LogP contribution in [0, 0.1) is 0 Å². The molecular weight excluding hydrogens is 280 g/mol. The molecule has 1 aliphatic rings. The highest BCUT2D eigenvalue weighted by molar-refractivity contribution is 6.32. The van der Waals surface area contributed by atoms with Crippen molar-refractivity contribution in [2.24, 2.45) is 0 Å². The van der Waals surface area contributed by atoms with Gasteiger partial charge < -0.3 is 20.1 Å². The molecule has 2 aromatic rings. The topological polar surface area (TPSA) is 69.9 Å². The molecule has 0 aromatic heterocycles. The molecule has 20 heavy (non-hydrogen) atoms. The summed E-state index contributed by atoms with van der Waals surface area (Å²) >= 11 is 6.06. The van der Waals surface area contributed by atoms with Gasteiger partial charge in [-0.2, -0.15) is 0 Å². The number of aliphatic hydroxyl groups excluding tert-OH is 1. The van der Waals surface area contributed by atoms with Gasteiger partial charge in [-0.05, 0) is 18.2 Å². The van der Waals surface area contributed by atoms with E-state index in [1.165, 1.54) is 6.07 Å². The maximum absolute atomic E-state index is 10.2. The fourth-order valence-corrected chi connectivity index (χ4v) is 2.66. The lowest BCUT2D eigenvalue weighted by Crippen LogP contribution is -2.30. The number of halogens is 1. The predicted octanol–water partition coefficient (Wildman–Crippen LogP) is 2.79. The second-order valence-corrected chi connectivity index (χ2v) is 5.12. The number of phenolic OH excluding ortho intramolecular Hbond substituents is 2. The molecule has 1 aliphatic heterocycles. The van der Waals surface area contributed by atoms with Crippen LogP contribution in [0.5, 0.6) is 17.2 Å². The van der Waals surface area contributed by atoms with Gasteiger partial charge in [0.15, 0.2) is 6.10 Å². The van der Waals surface area contributed by atoms with E-state index in [4.69, 9.17) is 16.3 Å². The van der Waals surface area contributed by atoms with Crippen LogP contribution in [0.2, 0.25) is 5.02 Å². The summed E-state index contributed by atoms with van der Waals surface area (Å²) in [5.41, 5.74) is 1.10. The van der Waals surface area contributed by atoms with E-state index in [1.807, 2.05) is 0 Å². The molecule has 0 radical (unpaired) electrons. The van der Waals surface area contributed by atoms with Crippen LogP contribution < -0.4 is 4.74 Å². The number of phenols is 2. The number of aromatic hydroxyl groups is 2. The van der Waals surface area contributed by atoms with Gasteiger partial charge in [-0.1, -0.05) is 29.8 Å². The molecule has 0 aliphatic carbocycles. The molecule has 2 unspecified atom stereocenters. The third-order valence-corrected chi connectivity index (χ3v) is 3.85. The fraction of sp³-hybridized carbons (Fsp3) is 0.200. The van der Waals surface area contributed by atoms with Crippen LogP contribution in [0.25, 0.3) is 0 Å². The number of ether oxygens (including phenoxy) is 1. The molecule has 0 bridgehead atoms. The Labute approximate surface area is 120 Å². The van der Waals surface area contributed by atoms with Crippen LogP contribution in [-0.4, -0.2) is 21.4 Å². The van der Waals surface area contributed by atoms with Gasteiger partial charge >= 0.3 is 0 Å². The molecule has 0 fully saturated rings. The smallest absolute Gasteiger partial charge is 0.151 e. The van der Waals surface area contributed by atoms with Crippen LogP contribution >= 0.6 is 11.6 Å². The van der Waals surface area contributed by atoms with E-state index in [0.717, 1.165) is 0 Å². The summed E-state index contributed by atoms with van der Waals surface area (Å²) < 4.78 is 5.74. The summed E-state index contributed by atoms with van der Waals surface area (Å²) in [6.45, 7) is 0. The average Bonchev–Trinajstić information content (AvgIpc) is 2.43. The Bertz CT molecular complexity index is 656. The molecule has 4 nitrogen and oxygen atoms in total. The van der Waals surface area contributed by atoms with Crippen LogP contribution in [0.4, 0.5) is 0 Å². The Morgan fingerprint density at radius 3 is 2.55 bits per heavy atom. The summed E-state index contributed by atoms with van der Waals surface area (Å²) in [5.74, 6) is 0.559. The van der Waals surface area contributed by atoms with E-state index >= 15 is 0 Å². The van der Waals surface area contributed by atoms with Gasteiger partial charge in [0.25, 0.3) is 0 Å². The van der Waals surface area contributed by atoms with Crippen molar-refractivity contribution in [2.75, 3.05) is 0 Å². The molecule has 0 amide bonds. The first-order valence-electron chi connectivity index (χ1n) is 6.21. The normalized spacial score (nSPS) is 21.1. The fourth-order valence-electron chi connectivity index (χ4n) is 2.43. The molecule has 1 heterocycles. The quantitative estimate of drug-likeness (QED) is 0.756. The van der Waals surface area contributed by atoms with E-state index < -0.39 is 12.2 Å². The second kappa shape index (κ2) is 4.89. The van der Waals surface area contributed by atoms with Gasteiger partial charge in [0.1, 0.15) is 17.2 Å². The first-order chi connectivity index (χ1) is 9.58. The van der Waals surface area contributed by atoms with Gasteiger partial charge in [-0.25, -0.2) is 0 Å². The molecule has 0 saturated heterocycles. The Morgan fingerprint density at radius 2 is 1.75 bits per heavy atom. The maximum Gasteiger partial charge on any atom is 0.151 e. The maximum atomic E-state index is 10.2. The lowest BCUT2D eigenvalue weighted by molar-refractivity contribution is 0.0199. The number of hydrogen-bond donors (Lipinski definition) is 3. The number of aliphatic hydroxyl groups is 1. The predicted molar refractivity (Wildman–Crippen MR) is 74.3 cm³/mol. The summed E-state index contributed by atoms with van der Waals surface area (Å²) in [6.07, 6.45) is -1.27. The zero-order chi connectivity index (χ0) is 14.3. The molecule has 3 rings (SSSR count). The minimum absolute atomic E-state index is 0.0540. The van der Waals surface area contributed by atoms with E-state index in [9.17, 15) is 15.3 Å². The van der Waals surface area contributed by atoms with Crippen molar-refractivity contribution in [3.05, 3.63) is 52.5 Å². The van der Waals surface area contributed by atoms with Crippen molar-refractivity contribution in [2.45, 2.75) is 18.6 Å². The largest absolute Gasteiger partial charge is 0.508 e. The van der Waals surface area contributed by atoms with Crippen molar-refractivity contribution in [1.82, 2.24) is 0 Å². The first kappa shape index (κ1) is 13.1. The zero-order valence-corrected chi connectivity index (χ0v) is 11.2. The van der Waals surface area contributed by atoms with Crippen molar-refractivity contribution >= 4 is 11.6 Å². The Balaban J connectivity index is 2.03. The molecule has 2 atom stereocenters. The van der Waals surface area contributed by atoms with Crippen LogP contribution in [0.3, 0.4) is 0 Å². The number of hydrogen-bond acceptors (Lipinski definition) is 4. The van der Waals surface area contributed by atoms with Crippen molar-refractivity contribution < 1.29 is 20.1 Å². The molecule has 5 heteroatoms. The molecule has 3 N–H and O–H groups in total. The molecule has 0 saturated carbocycles. The number of rotatable bonds is 1. The third-order valence-electron chi connectivity index (χ3n) is 3.44. The third kappa shape index (κ3) is 2.07. The summed E-state index contributed by atoms with van der Waals surface area (Å²) in [6, 6.07) is 9.77. The highest BCUT2D eigenvalue weighted by atomic mass is 35.5. The van der Waals surface area contributed by atoms with E-state index in [-0.39, 0.29) is 22.9 Å². The van der Waals surface area contributed by atoms with Crippen molar-refractivity contribution in [1.29, 1.82) is 0 Å². The summed E-state index contributed by atoms with van der Waals surface area (Å²) in [7, 11) is 0. The minimum atomic E-state index is -0.852. The van der Waals surface area contributed by atoms with Crippen LogP contribution in [-0.2, 0) is 6.42 Å². The van der Waals surface area contributed by atoms with E-state index in [1.54, 1.807) is 30.3 Å². The Hall–Kier alpha value is -1.91. The van der Waals surface area contributed by atoms with Gasteiger partial charge in [-0.3, -0.25) is 0 Å². The van der Waals surface area contributed by atoms with Gasteiger partial charge in [-0.15, -0.1) is 0 Å². The highest BCUT2D eigenvalue weighted by Gasteiger charge is 2.33. The summed E-state index contributed by atoms with van der Waals surface area (Å²) in [4.78, 5) is 0.